The number of halogens is 1. The molecule has 1 rings (SSSR count). The summed E-state index contributed by atoms with van der Waals surface area (Å²) in [5, 5.41) is 0. The molecule has 0 heterocycles. The smallest absolute Gasteiger partial charge is 0.133 e. The van der Waals surface area contributed by atoms with Crippen molar-refractivity contribution in [1.29, 1.82) is 0 Å². The highest BCUT2D eigenvalue weighted by atomic mass is 79.9. The predicted octanol–water partition coefficient (Wildman–Crippen LogP) is 3.03. The van der Waals surface area contributed by atoms with E-state index in [4.69, 9.17) is 4.74 Å². The molecule has 2 heteroatoms. The van der Waals surface area contributed by atoms with Gasteiger partial charge in [0.1, 0.15) is 5.75 Å². The number of ether oxygens (including phenoxy) is 1. The summed E-state index contributed by atoms with van der Waals surface area (Å²) in [6.45, 7) is 6.48. The van der Waals surface area contributed by atoms with Crippen LogP contribution in [-0.4, -0.2) is 6.61 Å². The number of hydrogen-bond acceptors (Lipinski definition) is 1. The van der Waals surface area contributed by atoms with E-state index in [1.807, 2.05) is 25.1 Å². The zero-order chi connectivity index (χ0) is 8.27. The largest absolute Gasteiger partial charge is 0.493 e. The second-order valence-corrected chi connectivity index (χ2v) is 2.96. The second kappa shape index (κ2) is 3.77. The molecule has 0 aliphatic rings. The lowest BCUT2D eigenvalue weighted by Crippen LogP contribution is -1.92. The van der Waals surface area contributed by atoms with Crippen molar-refractivity contribution in [2.75, 3.05) is 6.61 Å². The lowest BCUT2D eigenvalue weighted by atomic mass is 10.2. The van der Waals surface area contributed by atoms with Gasteiger partial charge in [-0.3, -0.25) is 0 Å². The van der Waals surface area contributed by atoms with Crippen LogP contribution in [0.1, 0.15) is 12.5 Å². The van der Waals surface area contributed by atoms with Gasteiger partial charge in [0.25, 0.3) is 0 Å². The molecule has 0 aliphatic heterocycles. The molecule has 0 fully saturated rings. The summed E-state index contributed by atoms with van der Waals surface area (Å²) in [6.07, 6.45) is 0. The summed E-state index contributed by atoms with van der Waals surface area (Å²) in [5.41, 5.74) is 0.955. The van der Waals surface area contributed by atoms with Crippen molar-refractivity contribution >= 4 is 15.9 Å². The van der Waals surface area contributed by atoms with Gasteiger partial charge in [0, 0.05) is 0 Å². The molecule has 0 saturated heterocycles. The number of rotatable bonds is 2. The monoisotopic (exact) mass is 213 g/mol. The second-order valence-electron chi connectivity index (χ2n) is 2.16. The molecule has 0 unspecified atom stereocenters. The van der Waals surface area contributed by atoms with Crippen LogP contribution in [0.2, 0.25) is 0 Å². The van der Waals surface area contributed by atoms with Crippen LogP contribution >= 0.6 is 15.9 Å². The van der Waals surface area contributed by atoms with Crippen molar-refractivity contribution in [2.24, 2.45) is 0 Å². The Morgan fingerprint density at radius 2 is 2.27 bits per heavy atom. The van der Waals surface area contributed by atoms with Gasteiger partial charge in [-0.15, -0.1) is 0 Å². The molecule has 0 saturated carbocycles. The van der Waals surface area contributed by atoms with Gasteiger partial charge in [0.2, 0.25) is 0 Å². The standard InChI is InChI=1S/C9H10BrO/c1-3-11-8-6-4-5-7(2)9(8)10/h4-6H,2-3H2,1H3. The Kier molecular flexibility index (Phi) is 2.94. The van der Waals surface area contributed by atoms with Crippen molar-refractivity contribution in [2.45, 2.75) is 6.92 Å². The Morgan fingerprint density at radius 3 is 2.91 bits per heavy atom. The van der Waals surface area contributed by atoms with Gasteiger partial charge >= 0.3 is 0 Å². The van der Waals surface area contributed by atoms with Gasteiger partial charge in [-0.1, -0.05) is 12.1 Å². The SMILES string of the molecule is [CH2]c1cccc(OCC)c1Br. The van der Waals surface area contributed by atoms with Gasteiger partial charge in [-0.2, -0.15) is 0 Å². The Morgan fingerprint density at radius 1 is 1.55 bits per heavy atom. The molecule has 1 aromatic rings. The minimum absolute atomic E-state index is 0.683. The van der Waals surface area contributed by atoms with Crippen LogP contribution in [0.5, 0.6) is 5.75 Å². The summed E-state index contributed by atoms with van der Waals surface area (Å²) >= 11 is 3.39. The molecule has 0 atom stereocenters. The average Bonchev–Trinajstić information content (AvgIpc) is 1.99. The first kappa shape index (κ1) is 8.60. The van der Waals surface area contributed by atoms with Crippen LogP contribution in [0.3, 0.4) is 0 Å². The fourth-order valence-electron chi connectivity index (χ4n) is 0.823. The quantitative estimate of drug-likeness (QED) is 0.735. The summed E-state index contributed by atoms with van der Waals surface area (Å²) in [7, 11) is 0. The normalized spacial score (nSPS) is 9.73. The van der Waals surface area contributed by atoms with E-state index >= 15 is 0 Å². The van der Waals surface area contributed by atoms with E-state index in [9.17, 15) is 0 Å². The first-order valence-electron chi connectivity index (χ1n) is 3.49. The van der Waals surface area contributed by atoms with Crippen LogP contribution in [0.4, 0.5) is 0 Å². The molecule has 1 nitrogen and oxygen atoms in total. The molecular weight excluding hydrogens is 204 g/mol. The zero-order valence-corrected chi connectivity index (χ0v) is 8.02. The Labute approximate surface area is 75.5 Å². The molecular formula is C9H10BrO. The number of hydrogen-bond donors (Lipinski definition) is 0. The fraction of sp³-hybridized carbons (Fsp3) is 0.222. The maximum atomic E-state index is 5.33. The van der Waals surface area contributed by atoms with Crippen LogP contribution in [-0.2, 0) is 0 Å². The van der Waals surface area contributed by atoms with E-state index in [1.54, 1.807) is 0 Å². The van der Waals surface area contributed by atoms with Gasteiger partial charge in [0.15, 0.2) is 0 Å². The molecule has 59 valence electrons. The number of benzene rings is 1. The third kappa shape index (κ3) is 1.96. The van der Waals surface area contributed by atoms with Gasteiger partial charge in [-0.05, 0) is 41.4 Å². The summed E-state index contributed by atoms with van der Waals surface area (Å²) in [4.78, 5) is 0. The van der Waals surface area contributed by atoms with E-state index in [0.29, 0.717) is 6.61 Å². The Hall–Kier alpha value is -0.500. The molecule has 11 heavy (non-hydrogen) atoms. The topological polar surface area (TPSA) is 9.23 Å². The zero-order valence-electron chi connectivity index (χ0n) is 6.43. The Bertz CT molecular complexity index is 245. The molecule has 1 aromatic carbocycles. The first-order valence-corrected chi connectivity index (χ1v) is 4.28. The summed E-state index contributed by atoms with van der Waals surface area (Å²) in [6, 6.07) is 5.78. The third-order valence-corrected chi connectivity index (χ3v) is 2.24. The molecule has 0 aromatic heterocycles. The van der Waals surface area contributed by atoms with Crippen molar-refractivity contribution in [3.63, 3.8) is 0 Å². The highest BCUT2D eigenvalue weighted by Crippen LogP contribution is 2.27. The first-order chi connectivity index (χ1) is 5.25. The van der Waals surface area contributed by atoms with E-state index in [0.717, 1.165) is 15.8 Å². The molecule has 0 bridgehead atoms. The van der Waals surface area contributed by atoms with E-state index in [-0.39, 0.29) is 0 Å². The lowest BCUT2D eigenvalue weighted by molar-refractivity contribution is 0.338. The molecule has 0 N–H and O–H groups in total. The molecule has 1 radical (unpaired) electrons. The highest BCUT2D eigenvalue weighted by Gasteiger charge is 2.00. The van der Waals surface area contributed by atoms with Crippen LogP contribution in [0.15, 0.2) is 22.7 Å². The van der Waals surface area contributed by atoms with Crippen LogP contribution < -0.4 is 4.74 Å². The van der Waals surface area contributed by atoms with E-state index < -0.39 is 0 Å². The van der Waals surface area contributed by atoms with E-state index in [2.05, 4.69) is 22.9 Å². The minimum atomic E-state index is 0.683. The third-order valence-electron chi connectivity index (χ3n) is 1.34. The molecule has 0 amide bonds. The predicted molar refractivity (Wildman–Crippen MR) is 49.8 cm³/mol. The maximum absolute atomic E-state index is 5.33. The van der Waals surface area contributed by atoms with Crippen LogP contribution in [0.25, 0.3) is 0 Å². The van der Waals surface area contributed by atoms with Gasteiger partial charge in [-0.25, -0.2) is 0 Å². The minimum Gasteiger partial charge on any atom is -0.493 e. The summed E-state index contributed by atoms with van der Waals surface area (Å²) in [5.74, 6) is 0.861. The highest BCUT2D eigenvalue weighted by molar-refractivity contribution is 9.10. The Balaban J connectivity index is 2.96. The average molecular weight is 214 g/mol. The fourth-order valence-corrected chi connectivity index (χ4v) is 1.20. The van der Waals surface area contributed by atoms with Crippen molar-refractivity contribution < 1.29 is 4.74 Å². The van der Waals surface area contributed by atoms with Gasteiger partial charge in [0.05, 0.1) is 11.1 Å². The molecule has 0 aliphatic carbocycles. The lowest BCUT2D eigenvalue weighted by Gasteiger charge is -2.06. The maximum Gasteiger partial charge on any atom is 0.133 e. The van der Waals surface area contributed by atoms with Gasteiger partial charge < -0.3 is 4.74 Å². The van der Waals surface area contributed by atoms with Crippen molar-refractivity contribution in [1.82, 2.24) is 0 Å². The summed E-state index contributed by atoms with van der Waals surface area (Å²) < 4.78 is 6.28. The molecule has 0 spiro atoms. The van der Waals surface area contributed by atoms with E-state index in [1.165, 1.54) is 0 Å². The van der Waals surface area contributed by atoms with Crippen molar-refractivity contribution in [3.8, 4) is 5.75 Å². The van der Waals surface area contributed by atoms with Crippen LogP contribution in [0, 0.1) is 6.92 Å². The van der Waals surface area contributed by atoms with Crippen molar-refractivity contribution in [3.05, 3.63) is 35.2 Å².